The van der Waals surface area contributed by atoms with Crippen LogP contribution in [0.2, 0.25) is 0 Å². The van der Waals surface area contributed by atoms with E-state index < -0.39 is 0 Å². The molecule has 1 aliphatic heterocycles. The summed E-state index contributed by atoms with van der Waals surface area (Å²) < 4.78 is 5.80. The van der Waals surface area contributed by atoms with Gasteiger partial charge in [0.2, 0.25) is 17.7 Å². The zero-order chi connectivity index (χ0) is 20.4. The Kier molecular flexibility index (Phi) is 5.34. The van der Waals surface area contributed by atoms with Crippen molar-refractivity contribution in [2.45, 2.75) is 32.6 Å². The molecule has 6 nitrogen and oxygen atoms in total. The van der Waals surface area contributed by atoms with Gasteiger partial charge in [-0.2, -0.15) is 0 Å². The van der Waals surface area contributed by atoms with Gasteiger partial charge in [-0.1, -0.05) is 25.0 Å². The minimum Gasteiger partial charge on any atom is -0.457 e. The van der Waals surface area contributed by atoms with Crippen molar-refractivity contribution in [3.63, 3.8) is 0 Å². The van der Waals surface area contributed by atoms with Crippen molar-refractivity contribution in [3.8, 4) is 11.5 Å². The monoisotopic (exact) mass is 392 g/mol. The summed E-state index contributed by atoms with van der Waals surface area (Å²) in [7, 11) is 0. The van der Waals surface area contributed by atoms with Crippen LogP contribution in [0.4, 0.5) is 5.69 Å². The molecule has 3 amide bonds. The zero-order valence-electron chi connectivity index (χ0n) is 16.4. The van der Waals surface area contributed by atoms with Crippen molar-refractivity contribution in [3.05, 3.63) is 54.1 Å². The number of aryl methyl sites for hydroxylation is 1. The van der Waals surface area contributed by atoms with Gasteiger partial charge in [-0.25, -0.2) is 0 Å². The van der Waals surface area contributed by atoms with Gasteiger partial charge in [0.15, 0.2) is 0 Å². The van der Waals surface area contributed by atoms with Crippen molar-refractivity contribution in [2.75, 3.05) is 11.9 Å². The van der Waals surface area contributed by atoms with E-state index in [-0.39, 0.29) is 36.1 Å². The molecule has 2 aromatic carbocycles. The van der Waals surface area contributed by atoms with E-state index >= 15 is 0 Å². The highest BCUT2D eigenvalue weighted by Gasteiger charge is 2.48. The molecule has 2 fully saturated rings. The Morgan fingerprint density at radius 1 is 1.00 bits per heavy atom. The second kappa shape index (κ2) is 8.07. The number of amides is 3. The van der Waals surface area contributed by atoms with E-state index in [2.05, 4.69) is 5.32 Å². The number of fused-ring (bicyclic) bond motifs is 1. The normalized spacial score (nSPS) is 21.1. The number of hydrogen-bond acceptors (Lipinski definition) is 4. The Morgan fingerprint density at radius 2 is 1.66 bits per heavy atom. The lowest BCUT2D eigenvalue weighted by atomic mass is 9.81. The third-order valence-electron chi connectivity index (χ3n) is 5.60. The Balaban J connectivity index is 1.35. The van der Waals surface area contributed by atoms with E-state index in [1.807, 2.05) is 31.2 Å². The molecular formula is C23H24N2O4. The highest BCUT2D eigenvalue weighted by Crippen LogP contribution is 2.37. The van der Waals surface area contributed by atoms with E-state index in [0.29, 0.717) is 11.4 Å². The molecule has 0 bridgehead atoms. The predicted octanol–water partition coefficient (Wildman–Crippen LogP) is 3.90. The van der Waals surface area contributed by atoms with Gasteiger partial charge in [0.1, 0.15) is 18.0 Å². The summed E-state index contributed by atoms with van der Waals surface area (Å²) >= 11 is 0. The summed E-state index contributed by atoms with van der Waals surface area (Å²) in [4.78, 5) is 38.5. The summed E-state index contributed by atoms with van der Waals surface area (Å²) in [6, 6.07) is 14.7. The van der Waals surface area contributed by atoms with Gasteiger partial charge in [-0.3, -0.25) is 19.3 Å². The second-order valence-electron chi connectivity index (χ2n) is 7.75. The molecule has 1 saturated carbocycles. The van der Waals surface area contributed by atoms with E-state index in [1.54, 1.807) is 24.3 Å². The maximum Gasteiger partial charge on any atom is 0.244 e. The molecule has 0 aromatic heterocycles. The van der Waals surface area contributed by atoms with Gasteiger partial charge in [0.05, 0.1) is 11.8 Å². The largest absolute Gasteiger partial charge is 0.457 e. The molecule has 0 spiro atoms. The number of ether oxygens (including phenoxy) is 1. The van der Waals surface area contributed by atoms with Crippen LogP contribution in [0, 0.1) is 18.8 Å². The Bertz CT molecular complexity index is 914. The molecule has 6 heteroatoms. The van der Waals surface area contributed by atoms with Crippen LogP contribution in [0.3, 0.4) is 0 Å². The lowest BCUT2D eigenvalue weighted by molar-refractivity contribution is -0.142. The van der Waals surface area contributed by atoms with Crippen LogP contribution < -0.4 is 10.1 Å². The van der Waals surface area contributed by atoms with Crippen LogP contribution in [0.15, 0.2) is 48.5 Å². The molecule has 2 aliphatic rings. The lowest BCUT2D eigenvalue weighted by Gasteiger charge is -2.19. The van der Waals surface area contributed by atoms with Crippen molar-refractivity contribution >= 4 is 23.4 Å². The van der Waals surface area contributed by atoms with Crippen molar-refractivity contribution in [2.24, 2.45) is 11.8 Å². The molecule has 150 valence electrons. The lowest BCUT2D eigenvalue weighted by Crippen LogP contribution is -2.38. The standard InChI is InChI=1S/C23H24N2O4/c1-15-5-4-6-18(13-15)29-17-11-9-16(10-12-17)24-21(26)14-25-22(27)19-7-2-3-8-20(19)23(25)28/h4-6,9-13,19-20H,2-3,7-8,14H2,1H3,(H,24,26). The summed E-state index contributed by atoms with van der Waals surface area (Å²) in [5.41, 5.74) is 1.69. The van der Waals surface area contributed by atoms with Gasteiger partial charge in [0, 0.05) is 5.69 Å². The first-order valence-corrected chi connectivity index (χ1v) is 10.0. The number of carbonyl (C=O) groups excluding carboxylic acids is 3. The molecule has 1 saturated heterocycles. The van der Waals surface area contributed by atoms with Crippen molar-refractivity contribution in [1.29, 1.82) is 0 Å². The Hall–Kier alpha value is -3.15. The Labute approximate surface area is 169 Å². The van der Waals surface area contributed by atoms with Crippen molar-refractivity contribution < 1.29 is 19.1 Å². The number of anilines is 1. The van der Waals surface area contributed by atoms with E-state index in [9.17, 15) is 14.4 Å². The molecule has 0 radical (unpaired) electrons. The predicted molar refractivity (Wildman–Crippen MR) is 108 cm³/mol. The van der Waals surface area contributed by atoms with Crippen LogP contribution >= 0.6 is 0 Å². The number of rotatable bonds is 5. The summed E-state index contributed by atoms with van der Waals surface area (Å²) in [5.74, 6) is 0.160. The fourth-order valence-electron chi connectivity index (χ4n) is 4.15. The van der Waals surface area contributed by atoms with Gasteiger partial charge in [-0.15, -0.1) is 0 Å². The maximum atomic E-state index is 12.5. The number of nitrogens with one attached hydrogen (secondary N) is 1. The number of benzene rings is 2. The first-order chi connectivity index (χ1) is 14.0. The van der Waals surface area contributed by atoms with Crippen molar-refractivity contribution in [1.82, 2.24) is 4.90 Å². The fraction of sp³-hybridized carbons (Fsp3) is 0.348. The fourth-order valence-corrected chi connectivity index (χ4v) is 4.15. The van der Waals surface area contributed by atoms with E-state index in [4.69, 9.17) is 4.74 Å². The molecule has 1 heterocycles. The van der Waals surface area contributed by atoms with E-state index in [0.717, 1.165) is 41.9 Å². The van der Waals surface area contributed by atoms with Gasteiger partial charge in [-0.05, 0) is 61.7 Å². The summed E-state index contributed by atoms with van der Waals surface area (Å²) in [5, 5.41) is 2.75. The van der Waals surface area contributed by atoms with Crippen LogP contribution in [-0.4, -0.2) is 29.2 Å². The minimum absolute atomic E-state index is 0.197. The molecule has 1 N–H and O–H groups in total. The van der Waals surface area contributed by atoms with Gasteiger partial charge in [0.25, 0.3) is 0 Å². The average Bonchev–Trinajstić information content (AvgIpc) is 2.95. The Morgan fingerprint density at radius 3 is 2.28 bits per heavy atom. The number of imide groups is 1. The summed E-state index contributed by atoms with van der Waals surface area (Å²) in [6.45, 7) is 1.77. The minimum atomic E-state index is -0.377. The highest BCUT2D eigenvalue weighted by molar-refractivity contribution is 6.08. The maximum absolute atomic E-state index is 12.5. The number of carbonyl (C=O) groups is 3. The number of nitrogens with zero attached hydrogens (tertiary/aromatic N) is 1. The molecule has 2 atom stereocenters. The van der Waals surface area contributed by atoms with E-state index in [1.165, 1.54) is 0 Å². The van der Waals surface area contributed by atoms with Gasteiger partial charge < -0.3 is 10.1 Å². The third-order valence-corrected chi connectivity index (χ3v) is 5.60. The van der Waals surface area contributed by atoms with Gasteiger partial charge >= 0.3 is 0 Å². The third kappa shape index (κ3) is 4.16. The quantitative estimate of drug-likeness (QED) is 0.783. The molecule has 1 aliphatic carbocycles. The SMILES string of the molecule is Cc1cccc(Oc2ccc(NC(=O)CN3C(=O)C4CCCCC4C3=O)cc2)c1. The number of hydrogen-bond donors (Lipinski definition) is 1. The average molecular weight is 392 g/mol. The molecule has 2 unspecified atom stereocenters. The molecule has 4 rings (SSSR count). The number of likely N-dealkylation sites (tertiary alicyclic amines) is 1. The smallest absolute Gasteiger partial charge is 0.244 e. The molecular weight excluding hydrogens is 368 g/mol. The van der Waals surface area contributed by atoms with Crippen LogP contribution in [0.5, 0.6) is 11.5 Å². The molecule has 29 heavy (non-hydrogen) atoms. The topological polar surface area (TPSA) is 75.7 Å². The highest BCUT2D eigenvalue weighted by atomic mass is 16.5. The van der Waals surface area contributed by atoms with Crippen LogP contribution in [-0.2, 0) is 14.4 Å². The van der Waals surface area contributed by atoms with Crippen LogP contribution in [0.1, 0.15) is 31.2 Å². The summed E-state index contributed by atoms with van der Waals surface area (Å²) in [6.07, 6.45) is 3.43. The second-order valence-corrected chi connectivity index (χ2v) is 7.75. The first-order valence-electron chi connectivity index (χ1n) is 10.0. The zero-order valence-corrected chi connectivity index (χ0v) is 16.4. The van der Waals surface area contributed by atoms with Crippen LogP contribution in [0.25, 0.3) is 0 Å². The molecule has 2 aromatic rings. The first kappa shape index (κ1) is 19.2.